The first-order chi connectivity index (χ1) is 6.56. The van der Waals surface area contributed by atoms with Crippen molar-refractivity contribution in [2.24, 2.45) is 11.8 Å². The summed E-state index contributed by atoms with van der Waals surface area (Å²) >= 11 is 0. The molecule has 0 heterocycles. The highest BCUT2D eigenvalue weighted by Gasteiger charge is 2.19. The van der Waals surface area contributed by atoms with Crippen LogP contribution in [0, 0.1) is 11.8 Å². The molecule has 0 aliphatic carbocycles. The monoisotopic (exact) mass is 199 g/mol. The van der Waals surface area contributed by atoms with Gasteiger partial charge in [-0.2, -0.15) is 0 Å². The quantitative estimate of drug-likeness (QED) is 0.700. The van der Waals surface area contributed by atoms with Gasteiger partial charge in [0.25, 0.3) is 0 Å². The Hall–Kier alpha value is -0.530. The molecule has 0 fully saturated rings. The van der Waals surface area contributed by atoms with Crippen molar-refractivity contribution in [2.75, 3.05) is 0 Å². The molecule has 0 aromatic carbocycles. The van der Waals surface area contributed by atoms with Crippen LogP contribution in [0.1, 0.15) is 53.9 Å². The standard InChI is InChI=1S/C12H25NO/c1-6-10(7-2)11(8-3)13-12(14)9(4)5/h9-11H,6-8H2,1-5H3,(H,13,14). The number of hydrogen-bond donors (Lipinski definition) is 1. The van der Waals surface area contributed by atoms with E-state index in [0.29, 0.717) is 12.0 Å². The second kappa shape index (κ2) is 6.86. The molecular weight excluding hydrogens is 174 g/mol. The Labute approximate surface area is 88.5 Å². The lowest BCUT2D eigenvalue weighted by atomic mass is 9.92. The Bertz CT molecular complexity index is 162. The molecule has 84 valence electrons. The summed E-state index contributed by atoms with van der Waals surface area (Å²) in [4.78, 5) is 11.5. The van der Waals surface area contributed by atoms with Crippen molar-refractivity contribution < 1.29 is 4.79 Å². The summed E-state index contributed by atoms with van der Waals surface area (Å²) in [6, 6.07) is 0.361. The van der Waals surface area contributed by atoms with Crippen molar-refractivity contribution in [1.29, 1.82) is 0 Å². The highest BCUT2D eigenvalue weighted by atomic mass is 16.1. The third-order valence-electron chi connectivity index (χ3n) is 2.91. The zero-order valence-corrected chi connectivity index (χ0v) is 10.3. The maximum Gasteiger partial charge on any atom is 0.222 e. The maximum absolute atomic E-state index is 11.5. The Morgan fingerprint density at radius 1 is 1.07 bits per heavy atom. The van der Waals surface area contributed by atoms with Gasteiger partial charge >= 0.3 is 0 Å². The molecule has 0 bridgehead atoms. The van der Waals surface area contributed by atoms with Crippen molar-refractivity contribution in [3.05, 3.63) is 0 Å². The van der Waals surface area contributed by atoms with Crippen LogP contribution in [-0.4, -0.2) is 11.9 Å². The van der Waals surface area contributed by atoms with Crippen LogP contribution in [0.25, 0.3) is 0 Å². The van der Waals surface area contributed by atoms with Gasteiger partial charge in [0.15, 0.2) is 0 Å². The van der Waals surface area contributed by atoms with Gasteiger partial charge in [0.2, 0.25) is 5.91 Å². The third-order valence-corrected chi connectivity index (χ3v) is 2.91. The van der Waals surface area contributed by atoms with Crippen molar-refractivity contribution >= 4 is 5.91 Å². The average molecular weight is 199 g/mol. The summed E-state index contributed by atoms with van der Waals surface area (Å²) in [5, 5.41) is 3.13. The minimum absolute atomic E-state index is 0.0958. The van der Waals surface area contributed by atoms with Crippen LogP contribution in [0.4, 0.5) is 0 Å². The van der Waals surface area contributed by atoms with E-state index >= 15 is 0 Å². The highest BCUT2D eigenvalue weighted by molar-refractivity contribution is 5.78. The predicted octanol–water partition coefficient (Wildman–Crippen LogP) is 2.97. The molecule has 0 aliphatic heterocycles. The van der Waals surface area contributed by atoms with Gasteiger partial charge in [0.1, 0.15) is 0 Å². The van der Waals surface area contributed by atoms with Crippen molar-refractivity contribution in [3.63, 3.8) is 0 Å². The fourth-order valence-electron chi connectivity index (χ4n) is 1.76. The summed E-state index contributed by atoms with van der Waals surface area (Å²) in [6.07, 6.45) is 3.32. The van der Waals surface area contributed by atoms with E-state index in [1.165, 1.54) is 0 Å². The number of nitrogens with one attached hydrogen (secondary N) is 1. The zero-order chi connectivity index (χ0) is 11.1. The van der Waals surface area contributed by atoms with Crippen molar-refractivity contribution in [1.82, 2.24) is 5.32 Å². The van der Waals surface area contributed by atoms with Crippen LogP contribution in [0.2, 0.25) is 0 Å². The van der Waals surface area contributed by atoms with Crippen LogP contribution >= 0.6 is 0 Å². The molecule has 1 N–H and O–H groups in total. The third kappa shape index (κ3) is 4.12. The van der Waals surface area contributed by atoms with E-state index in [-0.39, 0.29) is 11.8 Å². The van der Waals surface area contributed by atoms with Crippen LogP contribution < -0.4 is 5.32 Å². The number of carbonyl (C=O) groups excluding carboxylic acids is 1. The van der Waals surface area contributed by atoms with Gasteiger partial charge in [-0.25, -0.2) is 0 Å². The summed E-state index contributed by atoms with van der Waals surface area (Å²) in [5.41, 5.74) is 0. The Kier molecular flexibility index (Phi) is 6.60. The highest BCUT2D eigenvalue weighted by Crippen LogP contribution is 2.16. The van der Waals surface area contributed by atoms with Gasteiger partial charge in [0.05, 0.1) is 0 Å². The zero-order valence-electron chi connectivity index (χ0n) is 10.3. The largest absolute Gasteiger partial charge is 0.353 e. The summed E-state index contributed by atoms with van der Waals surface area (Å²) in [5.74, 6) is 0.907. The van der Waals surface area contributed by atoms with Crippen LogP contribution in [0.3, 0.4) is 0 Å². The van der Waals surface area contributed by atoms with Gasteiger partial charge in [-0.05, 0) is 12.3 Å². The first kappa shape index (κ1) is 13.5. The van der Waals surface area contributed by atoms with Crippen molar-refractivity contribution in [3.8, 4) is 0 Å². The molecule has 1 atom stereocenters. The maximum atomic E-state index is 11.5. The van der Waals surface area contributed by atoms with E-state index in [0.717, 1.165) is 19.3 Å². The minimum atomic E-state index is 0.0958. The topological polar surface area (TPSA) is 29.1 Å². The molecule has 0 rings (SSSR count). The van der Waals surface area contributed by atoms with E-state index < -0.39 is 0 Å². The van der Waals surface area contributed by atoms with E-state index in [9.17, 15) is 4.79 Å². The van der Waals surface area contributed by atoms with E-state index in [4.69, 9.17) is 0 Å². The van der Waals surface area contributed by atoms with Crippen LogP contribution in [0.15, 0.2) is 0 Å². The molecule has 0 spiro atoms. The molecule has 1 amide bonds. The van der Waals surface area contributed by atoms with Gasteiger partial charge in [0, 0.05) is 12.0 Å². The Morgan fingerprint density at radius 3 is 1.86 bits per heavy atom. The summed E-state index contributed by atoms with van der Waals surface area (Å²) in [6.45, 7) is 10.4. The number of rotatable bonds is 6. The van der Waals surface area contributed by atoms with Gasteiger partial charge in [-0.3, -0.25) is 4.79 Å². The molecule has 0 aromatic heterocycles. The van der Waals surface area contributed by atoms with Crippen LogP contribution in [-0.2, 0) is 4.79 Å². The average Bonchev–Trinajstić information content (AvgIpc) is 2.17. The fraction of sp³-hybridized carbons (Fsp3) is 0.917. The number of carbonyl (C=O) groups is 1. The van der Waals surface area contributed by atoms with Gasteiger partial charge in [-0.15, -0.1) is 0 Å². The molecule has 2 nitrogen and oxygen atoms in total. The Balaban J connectivity index is 4.20. The molecule has 0 saturated carbocycles. The smallest absolute Gasteiger partial charge is 0.222 e. The molecule has 1 unspecified atom stereocenters. The first-order valence-corrected chi connectivity index (χ1v) is 5.87. The van der Waals surface area contributed by atoms with Gasteiger partial charge < -0.3 is 5.32 Å². The summed E-state index contributed by atoms with van der Waals surface area (Å²) in [7, 11) is 0. The van der Waals surface area contributed by atoms with Crippen molar-refractivity contribution in [2.45, 2.75) is 59.9 Å². The SMILES string of the molecule is CCC(CC)C(CC)NC(=O)C(C)C. The molecule has 14 heavy (non-hydrogen) atoms. The predicted molar refractivity (Wildman–Crippen MR) is 61.1 cm³/mol. The minimum Gasteiger partial charge on any atom is -0.353 e. The lowest BCUT2D eigenvalue weighted by molar-refractivity contribution is -0.125. The lowest BCUT2D eigenvalue weighted by Gasteiger charge is -2.26. The Morgan fingerprint density at radius 2 is 1.57 bits per heavy atom. The first-order valence-electron chi connectivity index (χ1n) is 5.87. The second-order valence-electron chi connectivity index (χ2n) is 4.25. The van der Waals surface area contributed by atoms with E-state index in [1.807, 2.05) is 13.8 Å². The molecule has 2 heteroatoms. The van der Waals surface area contributed by atoms with E-state index in [1.54, 1.807) is 0 Å². The lowest BCUT2D eigenvalue weighted by Crippen LogP contribution is -2.41. The van der Waals surface area contributed by atoms with E-state index in [2.05, 4.69) is 26.1 Å². The molecule has 0 radical (unpaired) electrons. The number of amides is 1. The number of hydrogen-bond acceptors (Lipinski definition) is 1. The fourth-order valence-corrected chi connectivity index (χ4v) is 1.76. The summed E-state index contributed by atoms with van der Waals surface area (Å²) < 4.78 is 0. The molecule has 0 aromatic rings. The molecule has 0 saturated heterocycles. The second-order valence-corrected chi connectivity index (χ2v) is 4.25. The normalized spacial score (nSPS) is 13.4. The van der Waals surface area contributed by atoms with Gasteiger partial charge in [-0.1, -0.05) is 47.5 Å². The molecule has 0 aliphatic rings. The molecular formula is C12H25NO. The van der Waals surface area contributed by atoms with Crippen LogP contribution in [0.5, 0.6) is 0 Å².